The summed E-state index contributed by atoms with van der Waals surface area (Å²) in [6.45, 7) is 4.81. The second kappa shape index (κ2) is 9.53. The highest BCUT2D eigenvalue weighted by molar-refractivity contribution is 9.10. The fourth-order valence-electron chi connectivity index (χ4n) is 3.82. The number of aromatic nitrogens is 2. The quantitative estimate of drug-likeness (QED) is 0.582. The SMILES string of the molecule is Cc1cccc(CNC(=O)C2CCCN(Cc3nc(-c4cccc(Br)c4)no3)C2)c1. The molecular formula is C23H25BrN4O2. The third kappa shape index (κ3) is 5.34. The Hall–Kier alpha value is -2.51. The number of carbonyl (C=O) groups is 1. The van der Waals surface area contributed by atoms with Crippen LogP contribution in [0.3, 0.4) is 0 Å². The van der Waals surface area contributed by atoms with Crippen LogP contribution in [0, 0.1) is 12.8 Å². The lowest BCUT2D eigenvalue weighted by Gasteiger charge is -2.30. The Bertz CT molecular complexity index is 1020. The summed E-state index contributed by atoms with van der Waals surface area (Å²) in [5, 5.41) is 7.19. The lowest BCUT2D eigenvalue weighted by Crippen LogP contribution is -2.42. The molecule has 1 aliphatic rings. The van der Waals surface area contributed by atoms with E-state index in [2.05, 4.69) is 55.3 Å². The van der Waals surface area contributed by atoms with Crippen molar-refractivity contribution in [1.82, 2.24) is 20.4 Å². The van der Waals surface area contributed by atoms with Gasteiger partial charge in [-0.1, -0.05) is 63.0 Å². The second-order valence-electron chi connectivity index (χ2n) is 7.80. The van der Waals surface area contributed by atoms with Gasteiger partial charge in [0.1, 0.15) is 0 Å². The number of amides is 1. The van der Waals surface area contributed by atoms with Crippen molar-refractivity contribution in [3.8, 4) is 11.4 Å². The fraction of sp³-hybridized carbons (Fsp3) is 0.348. The zero-order valence-electron chi connectivity index (χ0n) is 17.0. The molecule has 1 aromatic heterocycles. The highest BCUT2D eigenvalue weighted by Gasteiger charge is 2.26. The van der Waals surface area contributed by atoms with E-state index in [0.717, 1.165) is 35.0 Å². The van der Waals surface area contributed by atoms with Gasteiger partial charge >= 0.3 is 0 Å². The van der Waals surface area contributed by atoms with Crippen LogP contribution in [0.4, 0.5) is 0 Å². The first-order chi connectivity index (χ1) is 14.6. The van der Waals surface area contributed by atoms with Gasteiger partial charge in [-0.05, 0) is 44.0 Å². The van der Waals surface area contributed by atoms with Crippen LogP contribution < -0.4 is 5.32 Å². The van der Waals surface area contributed by atoms with Gasteiger partial charge in [-0.15, -0.1) is 0 Å². The van der Waals surface area contributed by atoms with Gasteiger partial charge in [0.25, 0.3) is 0 Å². The van der Waals surface area contributed by atoms with Crippen molar-refractivity contribution >= 4 is 21.8 Å². The maximum Gasteiger partial charge on any atom is 0.241 e. The molecule has 30 heavy (non-hydrogen) atoms. The molecule has 2 aromatic carbocycles. The van der Waals surface area contributed by atoms with Crippen LogP contribution in [0.15, 0.2) is 57.5 Å². The molecule has 1 aliphatic heterocycles. The van der Waals surface area contributed by atoms with Crippen molar-refractivity contribution in [3.05, 3.63) is 70.0 Å². The van der Waals surface area contributed by atoms with Crippen LogP contribution in [0.25, 0.3) is 11.4 Å². The van der Waals surface area contributed by atoms with Crippen molar-refractivity contribution < 1.29 is 9.32 Å². The Kier molecular flexibility index (Phi) is 6.59. The molecule has 1 saturated heterocycles. The zero-order chi connectivity index (χ0) is 20.9. The number of halogens is 1. The number of rotatable bonds is 6. The van der Waals surface area contributed by atoms with Crippen molar-refractivity contribution in [2.24, 2.45) is 5.92 Å². The molecule has 6 nitrogen and oxygen atoms in total. The summed E-state index contributed by atoms with van der Waals surface area (Å²) in [5.74, 6) is 1.25. The predicted octanol–water partition coefficient (Wildman–Crippen LogP) is 4.34. The molecule has 0 radical (unpaired) electrons. The van der Waals surface area contributed by atoms with Gasteiger partial charge in [-0.25, -0.2) is 0 Å². The van der Waals surface area contributed by atoms with Crippen LogP contribution in [0.2, 0.25) is 0 Å². The number of carbonyl (C=O) groups excluding carboxylic acids is 1. The molecule has 2 heterocycles. The first kappa shape index (κ1) is 20.8. The van der Waals surface area contributed by atoms with Crippen LogP contribution in [-0.4, -0.2) is 34.0 Å². The van der Waals surface area contributed by atoms with Crippen LogP contribution in [-0.2, 0) is 17.9 Å². The van der Waals surface area contributed by atoms with Crippen LogP contribution in [0.1, 0.15) is 29.9 Å². The van der Waals surface area contributed by atoms with E-state index in [1.165, 1.54) is 5.56 Å². The maximum absolute atomic E-state index is 12.7. The molecule has 1 unspecified atom stereocenters. The van der Waals surface area contributed by atoms with Gasteiger partial charge < -0.3 is 9.84 Å². The number of piperidine rings is 1. The summed E-state index contributed by atoms with van der Waals surface area (Å²) in [6, 6.07) is 16.0. The summed E-state index contributed by atoms with van der Waals surface area (Å²) >= 11 is 3.46. The van der Waals surface area contributed by atoms with E-state index >= 15 is 0 Å². The highest BCUT2D eigenvalue weighted by Crippen LogP contribution is 2.22. The first-order valence-corrected chi connectivity index (χ1v) is 11.0. The number of hydrogen-bond donors (Lipinski definition) is 1. The minimum atomic E-state index is -0.0176. The van der Waals surface area contributed by atoms with Crippen LogP contribution >= 0.6 is 15.9 Å². The number of benzene rings is 2. The van der Waals surface area contributed by atoms with Crippen molar-refractivity contribution in [1.29, 1.82) is 0 Å². The summed E-state index contributed by atoms with van der Waals surface area (Å²) in [6.07, 6.45) is 1.89. The molecule has 4 rings (SSSR count). The van der Waals surface area contributed by atoms with Crippen LogP contribution in [0.5, 0.6) is 0 Å². The smallest absolute Gasteiger partial charge is 0.241 e. The van der Waals surface area contributed by atoms with E-state index in [1.54, 1.807) is 0 Å². The number of aryl methyl sites for hydroxylation is 1. The first-order valence-electron chi connectivity index (χ1n) is 10.2. The molecule has 3 aromatic rings. The standard InChI is InChI=1S/C23H25BrN4O2/c1-16-5-2-6-17(11-16)13-25-23(29)19-8-4-10-28(14-19)15-21-26-22(27-30-21)18-7-3-9-20(24)12-18/h2-3,5-7,9,11-12,19H,4,8,10,13-15H2,1H3,(H,25,29). The van der Waals surface area contributed by atoms with E-state index in [4.69, 9.17) is 4.52 Å². The average Bonchev–Trinajstić information content (AvgIpc) is 3.21. The Labute approximate surface area is 184 Å². The molecule has 0 saturated carbocycles. The summed E-state index contributed by atoms with van der Waals surface area (Å²) < 4.78 is 6.43. The molecule has 1 amide bonds. The normalized spacial score (nSPS) is 17.1. The summed E-state index contributed by atoms with van der Waals surface area (Å²) in [7, 11) is 0. The maximum atomic E-state index is 12.7. The lowest BCUT2D eigenvalue weighted by atomic mass is 9.97. The lowest BCUT2D eigenvalue weighted by molar-refractivity contribution is -0.127. The third-order valence-electron chi connectivity index (χ3n) is 5.34. The molecule has 0 spiro atoms. The second-order valence-corrected chi connectivity index (χ2v) is 8.72. The molecule has 1 fully saturated rings. The largest absolute Gasteiger partial charge is 0.352 e. The predicted molar refractivity (Wildman–Crippen MR) is 118 cm³/mol. The van der Waals surface area contributed by atoms with Gasteiger partial charge in [0, 0.05) is 23.1 Å². The molecule has 0 aliphatic carbocycles. The Morgan fingerprint density at radius 2 is 2.13 bits per heavy atom. The Balaban J connectivity index is 1.32. The van der Waals surface area contributed by atoms with E-state index in [0.29, 0.717) is 31.3 Å². The fourth-order valence-corrected chi connectivity index (χ4v) is 4.22. The van der Waals surface area contributed by atoms with Gasteiger partial charge in [0.05, 0.1) is 12.5 Å². The van der Waals surface area contributed by atoms with Crippen molar-refractivity contribution in [3.63, 3.8) is 0 Å². The Morgan fingerprint density at radius 3 is 2.97 bits per heavy atom. The molecule has 1 atom stereocenters. The number of nitrogens with one attached hydrogen (secondary N) is 1. The molecular weight excluding hydrogens is 444 g/mol. The van der Waals surface area contributed by atoms with Gasteiger partial charge in [-0.2, -0.15) is 4.98 Å². The number of likely N-dealkylation sites (tertiary alicyclic amines) is 1. The van der Waals surface area contributed by atoms with E-state index in [1.807, 2.05) is 36.4 Å². The zero-order valence-corrected chi connectivity index (χ0v) is 18.6. The highest BCUT2D eigenvalue weighted by atomic mass is 79.9. The summed E-state index contributed by atoms with van der Waals surface area (Å²) in [5.41, 5.74) is 3.24. The van der Waals surface area contributed by atoms with E-state index < -0.39 is 0 Å². The molecule has 7 heteroatoms. The summed E-state index contributed by atoms with van der Waals surface area (Å²) in [4.78, 5) is 19.4. The molecule has 1 N–H and O–H groups in total. The Morgan fingerprint density at radius 1 is 1.27 bits per heavy atom. The minimum Gasteiger partial charge on any atom is -0.352 e. The van der Waals surface area contributed by atoms with E-state index in [-0.39, 0.29) is 11.8 Å². The van der Waals surface area contributed by atoms with E-state index in [9.17, 15) is 4.79 Å². The van der Waals surface area contributed by atoms with Gasteiger partial charge in [-0.3, -0.25) is 9.69 Å². The number of nitrogens with zero attached hydrogens (tertiary/aromatic N) is 3. The average molecular weight is 469 g/mol. The topological polar surface area (TPSA) is 71.3 Å². The molecule has 0 bridgehead atoms. The van der Waals surface area contributed by atoms with Gasteiger partial charge in [0.15, 0.2) is 0 Å². The monoisotopic (exact) mass is 468 g/mol. The minimum absolute atomic E-state index is 0.0176. The van der Waals surface area contributed by atoms with Gasteiger partial charge in [0.2, 0.25) is 17.6 Å². The third-order valence-corrected chi connectivity index (χ3v) is 5.83. The van der Waals surface area contributed by atoms with Crippen molar-refractivity contribution in [2.45, 2.75) is 32.9 Å². The molecule has 156 valence electrons. The number of hydrogen-bond acceptors (Lipinski definition) is 5. The van der Waals surface area contributed by atoms with Crippen molar-refractivity contribution in [2.75, 3.05) is 13.1 Å².